The molecule has 2 heterocycles. The smallest absolute Gasteiger partial charge is 0.254 e. The van der Waals surface area contributed by atoms with E-state index in [0.717, 1.165) is 35.4 Å². The number of para-hydroxylation sites is 1. The van der Waals surface area contributed by atoms with Crippen LogP contribution in [0.4, 0.5) is 10.1 Å². The van der Waals surface area contributed by atoms with Crippen LogP contribution in [0, 0.1) is 35.9 Å². The third kappa shape index (κ3) is 11.6. The molecular formula is C37H48FN7O4. The molecule has 0 spiro atoms. The van der Waals surface area contributed by atoms with Gasteiger partial charge in [-0.05, 0) is 81.3 Å². The lowest BCUT2D eigenvalue weighted by atomic mass is 9.99. The Morgan fingerprint density at radius 2 is 1.78 bits per heavy atom. The molecule has 0 radical (unpaired) electrons. The van der Waals surface area contributed by atoms with Gasteiger partial charge in [-0.15, -0.1) is 0 Å². The Morgan fingerprint density at radius 1 is 1.12 bits per heavy atom. The number of hydrogen-bond acceptors (Lipinski definition) is 6. The molecule has 2 atom stereocenters. The molecule has 0 bridgehead atoms. The van der Waals surface area contributed by atoms with Gasteiger partial charge in [-0.3, -0.25) is 23.9 Å². The highest BCUT2D eigenvalue weighted by Crippen LogP contribution is 2.36. The molecule has 1 aliphatic heterocycles. The van der Waals surface area contributed by atoms with Crippen molar-refractivity contribution in [3.8, 4) is 17.2 Å². The summed E-state index contributed by atoms with van der Waals surface area (Å²) in [6, 6.07) is 13.9. The van der Waals surface area contributed by atoms with Crippen LogP contribution >= 0.6 is 0 Å². The van der Waals surface area contributed by atoms with Gasteiger partial charge in [0.1, 0.15) is 11.9 Å². The summed E-state index contributed by atoms with van der Waals surface area (Å²) in [5.41, 5.74) is 3.32. The topological polar surface area (TPSA) is 140 Å². The van der Waals surface area contributed by atoms with E-state index in [9.17, 15) is 28.8 Å². The van der Waals surface area contributed by atoms with Crippen molar-refractivity contribution >= 4 is 29.8 Å². The standard InChI is InChI=1S/C17H20FN3O.C16H18N4O3.C4H10/c1-10(2)20-17(22)15-7-14(11(3)6-16(15)18)12-8-19-21(9-12)13-4-5-13;1-19(11-21)10-15(22)20-9-12(7-14(20)8-17)16(23)18-13-5-3-2-4-6-13;1-4(2)3/h6-10,13H,4-5H2,1-3H3,(H,20,22);2-6,11-12,14H,7,9-10H2,1H3,(H,18,23);4H,1-3H3. The van der Waals surface area contributed by atoms with Gasteiger partial charge in [-0.1, -0.05) is 39.0 Å². The molecular weight excluding hydrogens is 625 g/mol. The number of aryl methyl sites for hydroxylation is 1. The van der Waals surface area contributed by atoms with E-state index in [1.54, 1.807) is 24.4 Å². The fourth-order valence-electron chi connectivity index (χ4n) is 5.04. The first-order valence-corrected chi connectivity index (χ1v) is 16.6. The summed E-state index contributed by atoms with van der Waals surface area (Å²) < 4.78 is 16.1. The van der Waals surface area contributed by atoms with Crippen molar-refractivity contribution in [1.29, 1.82) is 5.26 Å². The van der Waals surface area contributed by atoms with E-state index in [1.165, 1.54) is 22.9 Å². The van der Waals surface area contributed by atoms with Crippen LogP contribution in [0.15, 0.2) is 54.9 Å². The highest BCUT2D eigenvalue weighted by Gasteiger charge is 2.39. The van der Waals surface area contributed by atoms with Crippen molar-refractivity contribution in [2.75, 3.05) is 25.5 Å². The van der Waals surface area contributed by atoms with Gasteiger partial charge < -0.3 is 20.4 Å². The first-order valence-electron chi connectivity index (χ1n) is 16.6. The van der Waals surface area contributed by atoms with Gasteiger partial charge in [-0.25, -0.2) is 4.39 Å². The van der Waals surface area contributed by atoms with E-state index in [4.69, 9.17) is 0 Å². The molecule has 49 heavy (non-hydrogen) atoms. The third-order valence-corrected chi connectivity index (χ3v) is 7.56. The molecule has 1 saturated heterocycles. The summed E-state index contributed by atoms with van der Waals surface area (Å²) in [7, 11) is 1.49. The number of halogens is 1. The predicted octanol–water partition coefficient (Wildman–Crippen LogP) is 5.59. The summed E-state index contributed by atoms with van der Waals surface area (Å²) >= 11 is 0. The molecule has 2 aromatic carbocycles. The number of likely N-dealkylation sites (tertiary alicyclic amines) is 1. The number of hydrogen-bond donors (Lipinski definition) is 2. The fraction of sp³-hybridized carbons (Fsp3) is 0.459. The molecule has 4 amide bonds. The number of anilines is 1. The van der Waals surface area contributed by atoms with Gasteiger partial charge >= 0.3 is 0 Å². The van der Waals surface area contributed by atoms with Crippen LogP contribution in [0.3, 0.4) is 0 Å². The molecule has 2 unspecified atom stereocenters. The number of nitrogens with one attached hydrogen (secondary N) is 2. The van der Waals surface area contributed by atoms with Gasteiger partial charge in [-0.2, -0.15) is 10.4 Å². The minimum atomic E-state index is -0.644. The average molecular weight is 674 g/mol. The van der Waals surface area contributed by atoms with Crippen LogP contribution in [-0.2, 0) is 14.4 Å². The fourth-order valence-corrected chi connectivity index (χ4v) is 5.04. The van der Waals surface area contributed by atoms with E-state index in [2.05, 4.69) is 42.6 Å². The average Bonchev–Trinajstić information content (AvgIpc) is 3.60. The molecule has 262 valence electrons. The van der Waals surface area contributed by atoms with Crippen molar-refractivity contribution in [3.63, 3.8) is 0 Å². The lowest BCUT2D eigenvalue weighted by Crippen LogP contribution is -2.41. The van der Waals surface area contributed by atoms with Crippen molar-refractivity contribution in [1.82, 2.24) is 24.9 Å². The zero-order chi connectivity index (χ0) is 36.2. The minimum absolute atomic E-state index is 0.0331. The van der Waals surface area contributed by atoms with E-state index in [1.807, 2.05) is 49.8 Å². The molecule has 3 aromatic rings. The monoisotopic (exact) mass is 673 g/mol. The van der Waals surface area contributed by atoms with Gasteiger partial charge in [0.15, 0.2) is 0 Å². The first kappa shape index (κ1) is 38.4. The Labute approximate surface area is 288 Å². The number of carbonyl (C=O) groups excluding carboxylic acids is 4. The highest BCUT2D eigenvalue weighted by atomic mass is 19.1. The van der Waals surface area contributed by atoms with E-state index >= 15 is 0 Å². The maximum Gasteiger partial charge on any atom is 0.254 e. The van der Waals surface area contributed by atoms with Crippen molar-refractivity contribution < 1.29 is 23.6 Å². The number of likely N-dealkylation sites (N-methyl/N-ethyl adjacent to an activating group) is 1. The Kier molecular flexibility index (Phi) is 14.0. The third-order valence-electron chi connectivity index (χ3n) is 7.56. The zero-order valence-corrected chi connectivity index (χ0v) is 29.4. The second-order valence-electron chi connectivity index (χ2n) is 13.4. The van der Waals surface area contributed by atoms with Crippen molar-refractivity contribution in [2.24, 2.45) is 11.8 Å². The summed E-state index contributed by atoms with van der Waals surface area (Å²) in [5.74, 6) is -1.03. The molecule has 2 aliphatic rings. The molecule has 1 aromatic heterocycles. The SMILES string of the molecule is CC(C)C.CN(C=O)CC(=O)N1CC(C(=O)Nc2ccccc2)CC1C#N.Cc1cc(F)c(C(=O)NC(C)C)cc1-c1cnn(C2CC2)c1. The lowest BCUT2D eigenvalue weighted by Gasteiger charge is -2.21. The number of carbonyl (C=O) groups is 4. The largest absolute Gasteiger partial charge is 0.350 e. The number of rotatable bonds is 9. The summed E-state index contributed by atoms with van der Waals surface area (Å²) in [5, 5.41) is 19.1. The normalized spacial score (nSPS) is 16.5. The predicted molar refractivity (Wildman–Crippen MR) is 187 cm³/mol. The van der Waals surface area contributed by atoms with Gasteiger partial charge in [0.25, 0.3) is 5.91 Å². The van der Waals surface area contributed by atoms with Crippen LogP contribution in [0.25, 0.3) is 11.1 Å². The molecule has 12 heteroatoms. The van der Waals surface area contributed by atoms with E-state index < -0.39 is 17.8 Å². The number of benzene rings is 2. The Morgan fingerprint density at radius 3 is 2.35 bits per heavy atom. The molecule has 2 N–H and O–H groups in total. The van der Waals surface area contributed by atoms with Gasteiger partial charge in [0, 0.05) is 37.1 Å². The number of aromatic nitrogens is 2. The van der Waals surface area contributed by atoms with Crippen LogP contribution in [0.5, 0.6) is 0 Å². The van der Waals surface area contributed by atoms with E-state index in [0.29, 0.717) is 24.6 Å². The summed E-state index contributed by atoms with van der Waals surface area (Å²) in [4.78, 5) is 49.8. The number of amides is 4. The van der Waals surface area contributed by atoms with E-state index in [-0.39, 0.29) is 42.4 Å². The molecule has 11 nitrogen and oxygen atoms in total. The van der Waals surface area contributed by atoms with Crippen molar-refractivity contribution in [3.05, 3.63) is 71.8 Å². The summed E-state index contributed by atoms with van der Waals surface area (Å²) in [6.45, 7) is 12.1. The Hall–Kier alpha value is -5.05. The van der Waals surface area contributed by atoms with Crippen LogP contribution in [0.2, 0.25) is 0 Å². The quantitative estimate of drug-likeness (QED) is 0.284. The zero-order valence-electron chi connectivity index (χ0n) is 29.4. The Bertz CT molecular complexity index is 1630. The van der Waals surface area contributed by atoms with Gasteiger partial charge in [0.2, 0.25) is 18.2 Å². The lowest BCUT2D eigenvalue weighted by molar-refractivity contribution is -0.135. The summed E-state index contributed by atoms with van der Waals surface area (Å²) in [6.07, 6.45) is 6.92. The minimum Gasteiger partial charge on any atom is -0.350 e. The molecule has 2 fully saturated rings. The highest BCUT2D eigenvalue weighted by molar-refractivity contribution is 5.96. The Balaban J connectivity index is 0.000000240. The molecule has 1 saturated carbocycles. The molecule has 1 aliphatic carbocycles. The van der Waals surface area contributed by atoms with Crippen LogP contribution < -0.4 is 10.6 Å². The number of nitrogens with zero attached hydrogens (tertiary/aromatic N) is 5. The second kappa shape index (κ2) is 17.9. The van der Waals surface area contributed by atoms with Crippen molar-refractivity contribution in [2.45, 2.75) is 78.9 Å². The molecule has 5 rings (SSSR count). The number of nitriles is 1. The van der Waals surface area contributed by atoms with Gasteiger partial charge in [0.05, 0.1) is 36.3 Å². The van der Waals surface area contributed by atoms with Crippen LogP contribution in [0.1, 0.15) is 75.8 Å². The van der Waals surface area contributed by atoms with Crippen LogP contribution in [-0.4, -0.2) is 75.9 Å². The first-order chi connectivity index (χ1) is 23.2. The maximum absolute atomic E-state index is 14.1. The maximum atomic E-state index is 14.1. The second-order valence-corrected chi connectivity index (χ2v) is 13.4.